The Bertz CT molecular complexity index is 331. The molecule has 1 heterocycles. The van der Waals surface area contributed by atoms with Crippen molar-refractivity contribution in [2.45, 2.75) is 19.8 Å². The van der Waals surface area contributed by atoms with E-state index in [0.717, 1.165) is 0 Å². The van der Waals surface area contributed by atoms with Gasteiger partial charge in [-0.05, 0) is 25.3 Å². The second-order valence-electron chi connectivity index (χ2n) is 3.76. The molecule has 1 aliphatic rings. The van der Waals surface area contributed by atoms with E-state index in [9.17, 15) is 14.4 Å². The van der Waals surface area contributed by atoms with Gasteiger partial charge in [-0.25, -0.2) is 4.79 Å². The predicted molar refractivity (Wildman–Crippen MR) is 54.5 cm³/mol. The summed E-state index contributed by atoms with van der Waals surface area (Å²) in [4.78, 5) is 34.0. The van der Waals surface area contributed by atoms with E-state index >= 15 is 0 Å². The lowest BCUT2D eigenvalue weighted by atomic mass is 9.97. The van der Waals surface area contributed by atoms with Gasteiger partial charge in [-0.15, -0.1) is 0 Å². The predicted octanol–water partition coefficient (Wildman–Crippen LogP) is 0.628. The molecule has 1 fully saturated rings. The summed E-state index contributed by atoms with van der Waals surface area (Å²) in [5.74, 6) is -3.45. The number of Topliss-reactive ketones (excluding diaryl/α,β-unsaturated/α-hetero) is 1. The number of carbonyl (C=O) groups is 3. The van der Waals surface area contributed by atoms with E-state index in [1.54, 1.807) is 6.92 Å². The van der Waals surface area contributed by atoms with Gasteiger partial charge in [-0.2, -0.15) is 0 Å². The molecular formula is C11H14O5. The van der Waals surface area contributed by atoms with Gasteiger partial charge in [0.05, 0.1) is 6.61 Å². The third-order valence-corrected chi connectivity index (χ3v) is 2.13. The molecule has 0 aromatic rings. The number of hydrogen-bond acceptors (Lipinski definition) is 5. The van der Waals surface area contributed by atoms with Crippen molar-refractivity contribution < 1.29 is 23.9 Å². The van der Waals surface area contributed by atoms with Crippen LogP contribution in [-0.2, 0) is 23.9 Å². The molecule has 1 atom stereocenters. The molecule has 1 saturated heterocycles. The maximum atomic E-state index is 11.5. The van der Waals surface area contributed by atoms with E-state index in [1.807, 2.05) is 0 Å². The van der Waals surface area contributed by atoms with Crippen LogP contribution in [0.4, 0.5) is 0 Å². The van der Waals surface area contributed by atoms with Crippen molar-refractivity contribution in [2.75, 3.05) is 13.2 Å². The Labute approximate surface area is 93.4 Å². The molecule has 5 nitrogen and oxygen atoms in total. The highest BCUT2D eigenvalue weighted by molar-refractivity contribution is 6.37. The monoisotopic (exact) mass is 226 g/mol. The van der Waals surface area contributed by atoms with E-state index in [0.29, 0.717) is 25.0 Å². The fourth-order valence-electron chi connectivity index (χ4n) is 1.32. The molecule has 0 saturated carbocycles. The van der Waals surface area contributed by atoms with E-state index in [2.05, 4.69) is 11.3 Å². The molecule has 0 aliphatic carbocycles. The fourth-order valence-corrected chi connectivity index (χ4v) is 1.32. The van der Waals surface area contributed by atoms with Gasteiger partial charge < -0.3 is 9.47 Å². The number of ketones is 1. The van der Waals surface area contributed by atoms with Crippen LogP contribution in [-0.4, -0.2) is 30.9 Å². The van der Waals surface area contributed by atoms with E-state index < -0.39 is 23.6 Å². The lowest BCUT2D eigenvalue weighted by Crippen LogP contribution is -2.36. The Morgan fingerprint density at radius 3 is 2.81 bits per heavy atom. The summed E-state index contributed by atoms with van der Waals surface area (Å²) in [6, 6.07) is 0. The minimum Gasteiger partial charge on any atom is -0.465 e. The van der Waals surface area contributed by atoms with Gasteiger partial charge in [0.2, 0.25) is 0 Å². The summed E-state index contributed by atoms with van der Waals surface area (Å²) in [7, 11) is 0. The molecular weight excluding hydrogens is 212 g/mol. The summed E-state index contributed by atoms with van der Waals surface area (Å²) in [6.07, 6.45) is 0.940. The van der Waals surface area contributed by atoms with Crippen LogP contribution in [0.5, 0.6) is 0 Å². The summed E-state index contributed by atoms with van der Waals surface area (Å²) < 4.78 is 9.37. The van der Waals surface area contributed by atoms with Crippen LogP contribution in [0.25, 0.3) is 0 Å². The molecule has 0 spiro atoms. The maximum absolute atomic E-state index is 11.5. The Morgan fingerprint density at radius 2 is 2.25 bits per heavy atom. The second-order valence-corrected chi connectivity index (χ2v) is 3.76. The van der Waals surface area contributed by atoms with Crippen molar-refractivity contribution in [2.24, 2.45) is 5.92 Å². The molecule has 5 heteroatoms. The molecule has 88 valence electrons. The van der Waals surface area contributed by atoms with Crippen molar-refractivity contribution in [1.82, 2.24) is 0 Å². The van der Waals surface area contributed by atoms with Crippen LogP contribution >= 0.6 is 0 Å². The van der Waals surface area contributed by atoms with Crippen LogP contribution in [0.1, 0.15) is 19.8 Å². The van der Waals surface area contributed by atoms with E-state index in [1.165, 1.54) is 0 Å². The summed E-state index contributed by atoms with van der Waals surface area (Å²) in [5, 5.41) is 0. The zero-order valence-corrected chi connectivity index (χ0v) is 9.15. The zero-order valence-electron chi connectivity index (χ0n) is 9.15. The van der Waals surface area contributed by atoms with Crippen molar-refractivity contribution in [3.05, 3.63) is 12.2 Å². The van der Waals surface area contributed by atoms with Gasteiger partial charge in [-0.1, -0.05) is 6.58 Å². The molecule has 0 amide bonds. The first kappa shape index (κ1) is 12.4. The summed E-state index contributed by atoms with van der Waals surface area (Å²) >= 11 is 0. The van der Waals surface area contributed by atoms with Gasteiger partial charge in [0.25, 0.3) is 5.78 Å². The first-order valence-electron chi connectivity index (χ1n) is 5.04. The average Bonchev–Trinajstić information content (AvgIpc) is 2.25. The topological polar surface area (TPSA) is 69.7 Å². The molecule has 0 bridgehead atoms. The smallest absolute Gasteiger partial charge is 0.375 e. The molecule has 0 N–H and O–H groups in total. The minimum absolute atomic E-state index is 0.00760. The molecule has 0 radical (unpaired) electrons. The van der Waals surface area contributed by atoms with Crippen LogP contribution in [0.3, 0.4) is 0 Å². The zero-order chi connectivity index (χ0) is 12.1. The molecule has 0 aromatic carbocycles. The molecule has 1 unspecified atom stereocenters. The van der Waals surface area contributed by atoms with Gasteiger partial charge in [0, 0.05) is 0 Å². The molecule has 16 heavy (non-hydrogen) atoms. The summed E-state index contributed by atoms with van der Waals surface area (Å²) in [6.45, 7) is 5.51. The van der Waals surface area contributed by atoms with Crippen LogP contribution < -0.4 is 0 Å². The molecule has 1 rings (SSSR count). The lowest BCUT2D eigenvalue weighted by Gasteiger charge is -2.18. The average molecular weight is 226 g/mol. The first-order chi connectivity index (χ1) is 7.52. The van der Waals surface area contributed by atoms with E-state index in [-0.39, 0.29) is 6.61 Å². The normalized spacial score (nSPS) is 19.8. The first-order valence-corrected chi connectivity index (χ1v) is 5.04. The number of cyclic esters (lactones) is 1. The van der Waals surface area contributed by atoms with Crippen LogP contribution in [0.2, 0.25) is 0 Å². The third kappa shape index (κ3) is 3.18. The second kappa shape index (κ2) is 5.44. The van der Waals surface area contributed by atoms with Gasteiger partial charge in [-0.3, -0.25) is 9.59 Å². The fraction of sp³-hybridized carbons (Fsp3) is 0.545. The molecule has 1 aliphatic heterocycles. The van der Waals surface area contributed by atoms with Gasteiger partial charge >= 0.3 is 11.9 Å². The van der Waals surface area contributed by atoms with E-state index in [4.69, 9.17) is 4.74 Å². The Kier molecular flexibility index (Phi) is 4.22. The Balaban J connectivity index is 2.52. The van der Waals surface area contributed by atoms with Gasteiger partial charge in [0.15, 0.2) is 0 Å². The van der Waals surface area contributed by atoms with Crippen molar-refractivity contribution in [1.29, 1.82) is 0 Å². The maximum Gasteiger partial charge on any atom is 0.375 e. The van der Waals surface area contributed by atoms with Crippen LogP contribution in [0.15, 0.2) is 12.2 Å². The number of carbonyl (C=O) groups excluding carboxylic acids is 3. The molecule has 0 aromatic heterocycles. The minimum atomic E-state index is -0.994. The van der Waals surface area contributed by atoms with Crippen molar-refractivity contribution in [3.8, 4) is 0 Å². The number of esters is 2. The van der Waals surface area contributed by atoms with Crippen molar-refractivity contribution >= 4 is 17.7 Å². The highest BCUT2D eigenvalue weighted by Gasteiger charge is 2.35. The Hall–Kier alpha value is -1.65. The van der Waals surface area contributed by atoms with Crippen LogP contribution in [0, 0.1) is 5.92 Å². The largest absolute Gasteiger partial charge is 0.465 e. The third-order valence-electron chi connectivity index (χ3n) is 2.13. The van der Waals surface area contributed by atoms with Crippen molar-refractivity contribution in [3.63, 3.8) is 0 Å². The van der Waals surface area contributed by atoms with Gasteiger partial charge in [0.1, 0.15) is 12.5 Å². The summed E-state index contributed by atoms with van der Waals surface area (Å²) in [5.41, 5.74) is 0.632. The Morgan fingerprint density at radius 1 is 1.56 bits per heavy atom. The highest BCUT2D eigenvalue weighted by atomic mass is 16.5. The lowest BCUT2D eigenvalue weighted by molar-refractivity contribution is -0.164. The highest BCUT2D eigenvalue weighted by Crippen LogP contribution is 2.16. The number of ether oxygens (including phenoxy) is 2. The standard InChI is InChI=1S/C11H14O5/c1-7(2)6-16-11(14)9(12)8-4-3-5-15-10(8)13/h8H,1,3-6H2,2H3. The number of rotatable bonds is 4. The quantitative estimate of drug-likeness (QED) is 0.304. The SMILES string of the molecule is C=C(C)COC(=O)C(=O)C1CCCOC1=O. The number of hydrogen-bond donors (Lipinski definition) is 0.